The number of hydrogen-bond donors (Lipinski definition) is 0. The van der Waals surface area contributed by atoms with Crippen molar-refractivity contribution in [3.05, 3.63) is 12.4 Å². The number of rotatable bonds is 2. The highest BCUT2D eigenvalue weighted by molar-refractivity contribution is 5.24. The first-order valence-electron chi connectivity index (χ1n) is 2.04. The van der Waals surface area contributed by atoms with Crippen molar-refractivity contribution in [2.24, 2.45) is 4.99 Å². The molecule has 40 valence electrons. The summed E-state index contributed by atoms with van der Waals surface area (Å²) in [5.74, 6) is 0. The predicted octanol–water partition coefficient (Wildman–Crippen LogP) is 1.56. The summed E-state index contributed by atoms with van der Waals surface area (Å²) in [5, 5.41) is 0. The van der Waals surface area contributed by atoms with Crippen molar-refractivity contribution in [3.63, 3.8) is 0 Å². The molecule has 7 heavy (non-hydrogen) atoms. The van der Waals surface area contributed by atoms with E-state index in [0.29, 0.717) is 6.33 Å². The first-order chi connectivity index (χ1) is 3.31. The zero-order chi connectivity index (χ0) is 5.70. The van der Waals surface area contributed by atoms with Crippen molar-refractivity contribution in [3.8, 4) is 0 Å². The molecule has 0 radical (unpaired) electrons. The maximum absolute atomic E-state index is 11.2. The Morgan fingerprint density at radius 3 is 2.57 bits per heavy atom. The largest absolute Gasteiger partial charge is 0.294 e. The van der Waals surface area contributed by atoms with Gasteiger partial charge in [0.2, 0.25) is 0 Å². The minimum absolute atomic E-state index is 0.0926. The molecule has 0 aliphatic heterocycles. The molecule has 1 atom stereocenters. The molecule has 1 unspecified atom stereocenters. The van der Waals surface area contributed by atoms with Gasteiger partial charge in [-0.3, -0.25) is 4.99 Å². The average molecular weight is 101 g/mol. The van der Waals surface area contributed by atoms with E-state index in [-0.39, 0.29) is 6.04 Å². The number of nitrogens with zero attached hydrogens (tertiary/aromatic N) is 1. The molecular weight excluding hydrogens is 93.1 g/mol. The molecule has 0 N–H and O–H groups in total. The van der Waals surface area contributed by atoms with E-state index < -0.39 is 0 Å². The third-order valence-corrected chi connectivity index (χ3v) is 0.639. The first kappa shape index (κ1) is 6.34. The van der Waals surface area contributed by atoms with Gasteiger partial charge < -0.3 is 0 Å². The van der Waals surface area contributed by atoms with Crippen LogP contribution in [0.1, 0.15) is 6.92 Å². The normalized spacial score (nSPS) is 14.6. The third kappa shape index (κ3) is 3.16. The molecule has 2 heteroatoms. The van der Waals surface area contributed by atoms with Crippen LogP contribution >= 0.6 is 0 Å². The Hall–Kier alpha value is -0.660. The third-order valence-electron chi connectivity index (χ3n) is 0.639. The van der Waals surface area contributed by atoms with E-state index >= 15 is 0 Å². The lowest BCUT2D eigenvalue weighted by Gasteiger charge is -1.89. The number of halogens is 1. The van der Waals surface area contributed by atoms with Crippen LogP contribution in [-0.4, -0.2) is 12.8 Å². The van der Waals surface area contributed by atoms with E-state index in [1.165, 1.54) is 6.08 Å². The summed E-state index contributed by atoms with van der Waals surface area (Å²) in [6.45, 7) is 4.96. The minimum atomic E-state index is -0.0926. The lowest BCUT2D eigenvalue weighted by atomic mass is 10.4. The molecule has 0 bridgehead atoms. The molecule has 0 aliphatic carbocycles. The summed E-state index contributed by atoms with van der Waals surface area (Å²) in [6.07, 6.45) is 1.80. The monoisotopic (exact) mass is 101 g/mol. The summed E-state index contributed by atoms with van der Waals surface area (Å²) in [4.78, 5) is 3.50. The Labute approximate surface area is 42.6 Å². The van der Waals surface area contributed by atoms with E-state index in [2.05, 4.69) is 11.7 Å². The molecule has 0 saturated heterocycles. The summed E-state index contributed by atoms with van der Waals surface area (Å²) in [6, 6.07) is -0.0926. The predicted molar refractivity (Wildman–Crippen MR) is 29.3 cm³/mol. The van der Waals surface area contributed by atoms with Crippen LogP contribution in [0.3, 0.4) is 0 Å². The molecule has 0 rings (SSSR count). The molecule has 0 aromatic heterocycles. The number of aliphatic imine (C=N–C) groups is 1. The Morgan fingerprint density at radius 2 is 2.43 bits per heavy atom. The molecule has 0 fully saturated rings. The van der Waals surface area contributed by atoms with Crippen molar-refractivity contribution in [2.75, 3.05) is 0 Å². The lowest BCUT2D eigenvalue weighted by Crippen LogP contribution is -1.86. The van der Waals surface area contributed by atoms with E-state index in [4.69, 9.17) is 0 Å². The average Bonchev–Trinajstić information content (AvgIpc) is 1.68. The van der Waals surface area contributed by atoms with Gasteiger partial charge in [-0.05, 0) is 19.7 Å². The molecule has 1 nitrogen and oxygen atoms in total. The van der Waals surface area contributed by atoms with E-state index in [1.807, 2.05) is 0 Å². The second-order valence-electron chi connectivity index (χ2n) is 1.24. The van der Waals surface area contributed by atoms with Gasteiger partial charge in [-0.15, -0.1) is 0 Å². The lowest BCUT2D eigenvalue weighted by molar-refractivity contribution is 0.708. The molecule has 0 aromatic rings. The van der Waals surface area contributed by atoms with Crippen molar-refractivity contribution in [1.29, 1.82) is 0 Å². The fourth-order valence-electron chi connectivity index (χ4n) is 0.166. The first-order valence-corrected chi connectivity index (χ1v) is 2.04. The zero-order valence-electron chi connectivity index (χ0n) is 4.26. The Kier molecular flexibility index (Phi) is 3.19. The van der Waals surface area contributed by atoms with Gasteiger partial charge in [0, 0.05) is 0 Å². The highest BCUT2D eigenvalue weighted by atomic mass is 19.1. The van der Waals surface area contributed by atoms with Crippen LogP contribution in [0.25, 0.3) is 0 Å². The highest BCUT2D eigenvalue weighted by Gasteiger charge is 1.83. The topological polar surface area (TPSA) is 12.4 Å². The fourth-order valence-corrected chi connectivity index (χ4v) is 0.166. The summed E-state index contributed by atoms with van der Waals surface area (Å²) in [5.41, 5.74) is 0. The van der Waals surface area contributed by atoms with Gasteiger partial charge in [-0.2, -0.15) is 0 Å². The minimum Gasteiger partial charge on any atom is -0.294 e. The summed E-state index contributed by atoms with van der Waals surface area (Å²) < 4.78 is 11.2. The molecule has 0 saturated carbocycles. The van der Waals surface area contributed by atoms with Gasteiger partial charge in [0.1, 0.15) is 0 Å². The Bertz CT molecular complexity index is 78.1. The standard InChI is InChI=1S/C5H8FN/c1-5(7-2)3-4-6/h3-5H,2H2,1H3/b4-3+. The number of hydrogen-bond acceptors (Lipinski definition) is 1. The van der Waals surface area contributed by atoms with Gasteiger partial charge in [0.25, 0.3) is 0 Å². The van der Waals surface area contributed by atoms with Crippen LogP contribution in [0.4, 0.5) is 4.39 Å². The maximum Gasteiger partial charge on any atom is 0.0848 e. The molecule has 0 heterocycles. The second kappa shape index (κ2) is 3.53. The van der Waals surface area contributed by atoms with Gasteiger partial charge in [0.15, 0.2) is 0 Å². The molecule has 0 aromatic carbocycles. The quantitative estimate of drug-likeness (QED) is 0.468. The van der Waals surface area contributed by atoms with Crippen LogP contribution in [0.15, 0.2) is 17.4 Å². The van der Waals surface area contributed by atoms with Gasteiger partial charge >= 0.3 is 0 Å². The van der Waals surface area contributed by atoms with Gasteiger partial charge in [-0.25, -0.2) is 4.39 Å². The van der Waals surface area contributed by atoms with E-state index in [1.54, 1.807) is 6.92 Å². The van der Waals surface area contributed by atoms with Crippen molar-refractivity contribution in [2.45, 2.75) is 13.0 Å². The van der Waals surface area contributed by atoms with Gasteiger partial charge in [-0.1, -0.05) is 0 Å². The fraction of sp³-hybridized carbons (Fsp3) is 0.400. The zero-order valence-corrected chi connectivity index (χ0v) is 4.26. The smallest absolute Gasteiger partial charge is 0.0848 e. The van der Waals surface area contributed by atoms with Crippen molar-refractivity contribution in [1.82, 2.24) is 0 Å². The molecule has 0 spiro atoms. The SMILES string of the molecule is C=NC(C)/C=C/F. The van der Waals surface area contributed by atoms with E-state index in [9.17, 15) is 4.39 Å². The van der Waals surface area contributed by atoms with Crippen LogP contribution < -0.4 is 0 Å². The van der Waals surface area contributed by atoms with Gasteiger partial charge in [0.05, 0.1) is 12.4 Å². The van der Waals surface area contributed by atoms with Crippen LogP contribution in [0, 0.1) is 0 Å². The molecule has 0 aliphatic rings. The Balaban J connectivity index is 3.35. The van der Waals surface area contributed by atoms with Crippen LogP contribution in [0.5, 0.6) is 0 Å². The van der Waals surface area contributed by atoms with Crippen molar-refractivity contribution >= 4 is 6.72 Å². The second-order valence-corrected chi connectivity index (χ2v) is 1.24. The summed E-state index contributed by atoms with van der Waals surface area (Å²) >= 11 is 0. The van der Waals surface area contributed by atoms with Crippen LogP contribution in [0.2, 0.25) is 0 Å². The van der Waals surface area contributed by atoms with Crippen LogP contribution in [-0.2, 0) is 0 Å². The summed E-state index contributed by atoms with van der Waals surface area (Å²) in [7, 11) is 0. The highest BCUT2D eigenvalue weighted by Crippen LogP contribution is 1.88. The maximum atomic E-state index is 11.2. The molecular formula is C5H8FN. The van der Waals surface area contributed by atoms with Crippen molar-refractivity contribution < 1.29 is 4.39 Å². The molecule has 0 amide bonds. The Morgan fingerprint density at radius 1 is 1.86 bits per heavy atom. The van der Waals surface area contributed by atoms with E-state index in [0.717, 1.165) is 0 Å².